The molecule has 2 bridgehead atoms. The fraction of sp³-hybridized carbons (Fsp3) is 1.00. The van der Waals surface area contributed by atoms with Gasteiger partial charge in [0.15, 0.2) is 0 Å². The summed E-state index contributed by atoms with van der Waals surface area (Å²) in [7, 11) is -9.74. The summed E-state index contributed by atoms with van der Waals surface area (Å²) in [4.78, 5) is 0. The molecule has 6 aliphatic rings. The minimum Gasteiger partial charge on any atom is -0.324 e. The van der Waals surface area contributed by atoms with E-state index in [-0.39, 0.29) is 53.6 Å². The summed E-state index contributed by atoms with van der Waals surface area (Å²) in [5.74, 6) is 1.26. The Labute approximate surface area is 276 Å². The van der Waals surface area contributed by atoms with Gasteiger partial charge in [-0.3, -0.25) is 9.11 Å². The molecule has 0 aromatic carbocycles. The molecule has 0 radical (unpaired) electrons. The highest BCUT2D eigenvalue weighted by molar-refractivity contribution is 7.81. The molecule has 11 nitrogen and oxygen atoms in total. The molecule has 0 spiro atoms. The van der Waals surface area contributed by atoms with E-state index in [2.05, 4.69) is 48.5 Å². The average molecular weight is 693 g/mol. The molecular weight excluding hydrogens is 636 g/mol. The van der Waals surface area contributed by atoms with Crippen LogP contribution < -0.4 is 0 Å². The Morgan fingerprint density at radius 3 is 2.15 bits per heavy atom. The minimum atomic E-state index is -4.89. The second-order valence-electron chi connectivity index (χ2n) is 16.6. The lowest BCUT2D eigenvalue weighted by Crippen LogP contribution is -2.61. The van der Waals surface area contributed by atoms with Gasteiger partial charge in [0.25, 0.3) is 5.97 Å². The van der Waals surface area contributed by atoms with Gasteiger partial charge in [0.2, 0.25) is 0 Å². The first-order valence-electron chi connectivity index (χ1n) is 17.6. The second-order valence-corrected chi connectivity index (χ2v) is 18.7. The summed E-state index contributed by atoms with van der Waals surface area (Å²) in [6.45, 7) is 15.9. The molecule has 2 saturated heterocycles. The zero-order valence-electron chi connectivity index (χ0n) is 28.5. The van der Waals surface area contributed by atoms with E-state index < -0.39 is 44.6 Å². The molecule has 46 heavy (non-hydrogen) atoms. The van der Waals surface area contributed by atoms with Gasteiger partial charge in [-0.15, -0.1) is 0 Å². The van der Waals surface area contributed by atoms with Crippen LogP contribution in [0, 0.1) is 52.3 Å². The predicted molar refractivity (Wildman–Crippen MR) is 169 cm³/mol. The summed E-state index contributed by atoms with van der Waals surface area (Å²) in [5, 5.41) is 0. The maximum atomic E-state index is 11.8. The molecule has 2 N–H and O–H groups in total. The topological polar surface area (TPSA) is 155 Å². The molecule has 4 saturated carbocycles. The molecule has 0 amide bonds. The van der Waals surface area contributed by atoms with E-state index >= 15 is 0 Å². The van der Waals surface area contributed by atoms with E-state index in [1.807, 2.05) is 0 Å². The average Bonchev–Trinajstić information content (AvgIpc) is 3.33. The molecule has 6 fully saturated rings. The van der Waals surface area contributed by atoms with Crippen molar-refractivity contribution in [2.24, 2.45) is 52.3 Å². The Morgan fingerprint density at radius 1 is 0.870 bits per heavy atom. The van der Waals surface area contributed by atoms with Crippen LogP contribution in [-0.4, -0.2) is 61.9 Å². The summed E-state index contributed by atoms with van der Waals surface area (Å²) in [5.41, 5.74) is -0.881. The van der Waals surface area contributed by atoms with Crippen LogP contribution in [0.3, 0.4) is 0 Å². The monoisotopic (exact) mass is 692 g/mol. The third kappa shape index (κ3) is 5.93. The fourth-order valence-corrected chi connectivity index (χ4v) is 13.1. The lowest BCUT2D eigenvalue weighted by atomic mass is 9.44. The molecular formula is C33H56O11S2. The van der Waals surface area contributed by atoms with Crippen LogP contribution >= 0.6 is 0 Å². The van der Waals surface area contributed by atoms with Crippen LogP contribution in [0.5, 0.6) is 0 Å². The smallest absolute Gasteiger partial charge is 0.324 e. The summed E-state index contributed by atoms with van der Waals surface area (Å²) >= 11 is 0. The predicted octanol–water partition coefficient (Wildman–Crippen LogP) is 6.34. The molecule has 4 unspecified atom stereocenters. The molecule has 2 aliphatic heterocycles. The maximum absolute atomic E-state index is 11.8. The van der Waals surface area contributed by atoms with E-state index in [0.717, 1.165) is 51.4 Å². The zero-order valence-corrected chi connectivity index (χ0v) is 30.1. The number of fused-ring (bicyclic) bond motifs is 10. The number of hydrogen-bond acceptors (Lipinski definition) is 9. The highest BCUT2D eigenvalue weighted by Gasteiger charge is 2.74. The first kappa shape index (κ1) is 35.4. The summed E-state index contributed by atoms with van der Waals surface area (Å²) in [6, 6.07) is 0. The highest BCUT2D eigenvalue weighted by atomic mass is 32.3. The van der Waals surface area contributed by atoms with E-state index in [4.69, 9.17) is 22.6 Å². The molecule has 4 aliphatic carbocycles. The Morgan fingerprint density at radius 2 is 1.54 bits per heavy atom. The van der Waals surface area contributed by atoms with Crippen LogP contribution in [0.2, 0.25) is 0 Å². The molecule has 0 aromatic heterocycles. The summed E-state index contributed by atoms with van der Waals surface area (Å²) in [6.07, 6.45) is 6.17. The van der Waals surface area contributed by atoms with E-state index in [1.165, 1.54) is 0 Å². The third-order valence-corrected chi connectivity index (χ3v) is 14.9. The number of rotatable bonds is 10. The molecule has 2 heterocycles. The van der Waals surface area contributed by atoms with Gasteiger partial charge in [-0.1, -0.05) is 48.0 Å². The maximum Gasteiger partial charge on any atom is 0.397 e. The van der Waals surface area contributed by atoms with Crippen molar-refractivity contribution in [2.75, 3.05) is 0 Å². The lowest BCUT2D eigenvalue weighted by molar-refractivity contribution is -0.403. The van der Waals surface area contributed by atoms with Gasteiger partial charge in [0.05, 0.1) is 12.2 Å². The molecule has 0 aromatic rings. The Bertz CT molecular complexity index is 1370. The first-order valence-corrected chi connectivity index (χ1v) is 20.4. The van der Waals surface area contributed by atoms with Gasteiger partial charge in [-0.25, -0.2) is 8.37 Å². The molecule has 266 valence electrons. The van der Waals surface area contributed by atoms with Crippen molar-refractivity contribution >= 4 is 20.8 Å². The van der Waals surface area contributed by atoms with Crippen molar-refractivity contribution in [3.8, 4) is 0 Å². The first-order chi connectivity index (χ1) is 21.3. The summed E-state index contributed by atoms with van der Waals surface area (Å²) < 4.78 is 96.8. The standard InChI is InChI=1S/C33H56O11S2/c1-8-13-33-40-26-17-24-22-11-10-21-16-25(42-45(34,35)36)27(43-46(37,38)39)18-31(21,6)23(22)12-14-30(24,5)29(26)32(7,44-33)28(41-33)15-20(9-2)19(3)4/h19-29H,8-18H2,1-7H3,(H,34,35,36)(H,37,38,39)/t20?,21-,22?,23?,24-,25-,26-,27-,28+,29-,30-,31-,32-,33?/m0/s1. The van der Waals surface area contributed by atoms with Gasteiger partial charge in [0.1, 0.15) is 17.8 Å². The quantitative estimate of drug-likeness (QED) is 0.247. The largest absolute Gasteiger partial charge is 0.397 e. The Hall–Kier alpha value is -0.380. The molecule has 6 rings (SSSR count). The Balaban J connectivity index is 1.30. The van der Waals surface area contributed by atoms with E-state index in [9.17, 15) is 25.9 Å². The molecule has 14 atom stereocenters. The van der Waals surface area contributed by atoms with Gasteiger partial charge < -0.3 is 14.2 Å². The third-order valence-electron chi connectivity index (χ3n) is 14.0. The van der Waals surface area contributed by atoms with Crippen LogP contribution in [0.4, 0.5) is 0 Å². The Kier molecular flexibility index (Phi) is 9.14. The van der Waals surface area contributed by atoms with Gasteiger partial charge >= 0.3 is 20.8 Å². The van der Waals surface area contributed by atoms with Crippen molar-refractivity contribution in [3.05, 3.63) is 0 Å². The van der Waals surface area contributed by atoms with Crippen LogP contribution in [-0.2, 0) is 43.4 Å². The SMILES string of the molecule is CCCC12O[C@H]3C[C@H]4C5CC[C@H]6C[C@H](OS(=O)(=O)O)[C@@H](OS(=O)(=O)O)C[C@]6(C)C5CC[C@]4(C)[C@H]3[C@@](C)(O1)[C@@H](CC(CC)C(C)C)O2. The number of hydrogen-bond donors (Lipinski definition) is 2. The van der Waals surface area contributed by atoms with Crippen molar-refractivity contribution < 1.29 is 48.5 Å². The van der Waals surface area contributed by atoms with Crippen molar-refractivity contribution in [3.63, 3.8) is 0 Å². The van der Waals surface area contributed by atoms with E-state index in [0.29, 0.717) is 30.1 Å². The molecule has 13 heteroatoms. The van der Waals surface area contributed by atoms with Crippen molar-refractivity contribution in [1.82, 2.24) is 0 Å². The van der Waals surface area contributed by atoms with Crippen LogP contribution in [0.25, 0.3) is 0 Å². The van der Waals surface area contributed by atoms with Gasteiger partial charge in [-0.05, 0) is 111 Å². The highest BCUT2D eigenvalue weighted by Crippen LogP contribution is 2.72. The van der Waals surface area contributed by atoms with E-state index in [1.54, 1.807) is 0 Å². The minimum absolute atomic E-state index is 0.0169. The second kappa shape index (κ2) is 11.9. The van der Waals surface area contributed by atoms with Crippen LogP contribution in [0.1, 0.15) is 119 Å². The van der Waals surface area contributed by atoms with Crippen molar-refractivity contribution in [1.29, 1.82) is 0 Å². The normalized spacial score (nSPS) is 49.2. The van der Waals surface area contributed by atoms with Crippen molar-refractivity contribution in [2.45, 2.75) is 155 Å². The van der Waals surface area contributed by atoms with Crippen LogP contribution in [0.15, 0.2) is 0 Å². The number of ether oxygens (including phenoxy) is 3. The lowest BCUT2D eigenvalue weighted by Gasteiger charge is -2.62. The zero-order chi connectivity index (χ0) is 33.7. The van der Waals surface area contributed by atoms with Gasteiger partial charge in [-0.2, -0.15) is 16.8 Å². The fourth-order valence-electron chi connectivity index (χ4n) is 12.1. The van der Waals surface area contributed by atoms with Gasteiger partial charge in [0, 0.05) is 12.3 Å².